The predicted molar refractivity (Wildman–Crippen MR) is 98.1 cm³/mol. The Morgan fingerprint density at radius 3 is 2.46 bits per heavy atom. The number of hydrogen-bond donors (Lipinski definition) is 0. The zero-order valence-corrected chi connectivity index (χ0v) is 15.0. The molecule has 122 valence electrons. The number of rotatable bonds is 1. The third-order valence-corrected chi connectivity index (χ3v) is 5.67. The largest absolute Gasteiger partial charge is 0.345 e. The molecule has 1 aromatic heterocycles. The van der Waals surface area contributed by atoms with Crippen LogP contribution in [-0.2, 0) is 11.3 Å². The van der Waals surface area contributed by atoms with Gasteiger partial charge in [-0.15, -0.1) is 0 Å². The van der Waals surface area contributed by atoms with Gasteiger partial charge in [-0.05, 0) is 44.2 Å². The molecule has 24 heavy (non-hydrogen) atoms. The van der Waals surface area contributed by atoms with Gasteiger partial charge in [0, 0.05) is 5.56 Å². The molecule has 0 spiro atoms. The minimum Gasteiger partial charge on any atom is -0.246 e. The maximum Gasteiger partial charge on any atom is 0.345 e. The van der Waals surface area contributed by atoms with Crippen LogP contribution in [0.2, 0.25) is 0 Å². The lowest BCUT2D eigenvalue weighted by Crippen LogP contribution is -2.40. The molecule has 2 heterocycles. The standard InChI is InChI=1S/C20H21N2OS/c1-20(2,3)18(23)22-16(14-9-5-4-6-10-14)13-21-15-11-7-8-12-17(15)24-19(21)22/h4-12,16H,13H2,1-3H3/q+1/t16-/m0/s1. The van der Waals surface area contributed by atoms with Crippen LogP contribution >= 0.6 is 11.3 Å². The molecule has 0 bridgehead atoms. The van der Waals surface area contributed by atoms with Crippen LogP contribution in [0.15, 0.2) is 54.6 Å². The Hall–Kier alpha value is -2.20. The SMILES string of the molecule is CC(C)(C)C(=O)N1c2sc3ccccc3[n+]2C[C@H]1c1ccccc1. The lowest BCUT2D eigenvalue weighted by molar-refractivity contribution is -0.644. The molecule has 0 fully saturated rings. The molecular weight excluding hydrogens is 316 g/mol. The monoisotopic (exact) mass is 337 g/mol. The van der Waals surface area contributed by atoms with Gasteiger partial charge < -0.3 is 0 Å². The van der Waals surface area contributed by atoms with Crippen LogP contribution in [0, 0.1) is 5.41 Å². The summed E-state index contributed by atoms with van der Waals surface area (Å²) < 4.78 is 3.52. The van der Waals surface area contributed by atoms with Crippen molar-refractivity contribution in [3.8, 4) is 0 Å². The molecule has 4 heteroatoms. The number of para-hydroxylation sites is 1. The number of hydrogen-bond acceptors (Lipinski definition) is 2. The summed E-state index contributed by atoms with van der Waals surface area (Å²) >= 11 is 1.71. The van der Waals surface area contributed by atoms with Crippen LogP contribution in [-0.4, -0.2) is 5.91 Å². The van der Waals surface area contributed by atoms with Gasteiger partial charge in [0.1, 0.15) is 12.1 Å². The van der Waals surface area contributed by atoms with Gasteiger partial charge in [0.15, 0.2) is 6.04 Å². The minimum absolute atomic E-state index is 0.0637. The van der Waals surface area contributed by atoms with E-state index in [-0.39, 0.29) is 11.9 Å². The predicted octanol–water partition coefficient (Wildman–Crippen LogP) is 4.32. The zero-order valence-electron chi connectivity index (χ0n) is 14.2. The molecule has 3 aromatic rings. The van der Waals surface area contributed by atoms with Crippen molar-refractivity contribution in [1.29, 1.82) is 0 Å². The van der Waals surface area contributed by atoms with E-state index in [0.29, 0.717) is 0 Å². The van der Waals surface area contributed by atoms with E-state index in [2.05, 4.69) is 41.0 Å². The fourth-order valence-corrected chi connectivity index (χ4v) is 4.50. The normalized spacial score (nSPS) is 17.3. The summed E-state index contributed by atoms with van der Waals surface area (Å²) in [7, 11) is 0. The third kappa shape index (κ3) is 2.33. The highest BCUT2D eigenvalue weighted by Crippen LogP contribution is 2.40. The number of thiazole rings is 1. The molecular formula is C20H21N2OS+. The highest BCUT2D eigenvalue weighted by Gasteiger charge is 2.49. The van der Waals surface area contributed by atoms with Crippen molar-refractivity contribution in [3.05, 3.63) is 60.2 Å². The molecule has 2 aromatic carbocycles. The van der Waals surface area contributed by atoms with Crippen LogP contribution in [0.1, 0.15) is 32.4 Å². The molecule has 3 nitrogen and oxygen atoms in total. The number of fused-ring (bicyclic) bond motifs is 3. The summed E-state index contributed by atoms with van der Waals surface area (Å²) in [5.74, 6) is 0.175. The highest BCUT2D eigenvalue weighted by atomic mass is 32.1. The van der Waals surface area contributed by atoms with Gasteiger partial charge in [-0.3, -0.25) is 0 Å². The number of carbonyl (C=O) groups excluding carboxylic acids is 1. The van der Waals surface area contributed by atoms with E-state index in [4.69, 9.17) is 0 Å². The fourth-order valence-electron chi connectivity index (χ4n) is 3.29. The zero-order chi connectivity index (χ0) is 16.9. The second kappa shape index (κ2) is 5.42. The van der Waals surface area contributed by atoms with Crippen molar-refractivity contribution >= 4 is 32.6 Å². The highest BCUT2D eigenvalue weighted by molar-refractivity contribution is 7.21. The van der Waals surface area contributed by atoms with Gasteiger partial charge in [-0.25, -0.2) is 9.36 Å². The lowest BCUT2D eigenvalue weighted by Gasteiger charge is -2.23. The van der Waals surface area contributed by atoms with E-state index in [0.717, 1.165) is 11.7 Å². The number of carbonyl (C=O) groups is 1. The van der Waals surface area contributed by atoms with E-state index in [1.165, 1.54) is 15.8 Å². The van der Waals surface area contributed by atoms with E-state index in [1.54, 1.807) is 11.3 Å². The summed E-state index contributed by atoms with van der Waals surface area (Å²) in [5, 5.41) is 1.05. The number of amides is 1. The Bertz CT molecular complexity index is 908. The Morgan fingerprint density at radius 1 is 1.08 bits per heavy atom. The van der Waals surface area contributed by atoms with Crippen LogP contribution in [0.3, 0.4) is 0 Å². The Morgan fingerprint density at radius 2 is 1.75 bits per heavy atom. The first-order chi connectivity index (χ1) is 11.5. The van der Waals surface area contributed by atoms with Crippen LogP contribution < -0.4 is 9.47 Å². The average Bonchev–Trinajstić information content (AvgIpc) is 3.10. The van der Waals surface area contributed by atoms with Crippen molar-refractivity contribution in [3.63, 3.8) is 0 Å². The Labute approximate surface area is 146 Å². The molecule has 1 amide bonds. The molecule has 0 unspecified atom stereocenters. The number of anilines is 1. The topological polar surface area (TPSA) is 24.2 Å². The Kier molecular flexibility index (Phi) is 3.46. The third-order valence-electron chi connectivity index (χ3n) is 4.51. The molecule has 1 atom stereocenters. The number of nitrogens with zero attached hydrogens (tertiary/aromatic N) is 2. The van der Waals surface area contributed by atoms with E-state index in [9.17, 15) is 4.79 Å². The fraction of sp³-hybridized carbons (Fsp3) is 0.300. The van der Waals surface area contributed by atoms with Gasteiger partial charge in [0.25, 0.3) is 0 Å². The van der Waals surface area contributed by atoms with E-state index in [1.807, 2.05) is 43.9 Å². The molecule has 0 saturated heterocycles. The van der Waals surface area contributed by atoms with E-state index < -0.39 is 5.41 Å². The summed E-state index contributed by atoms with van der Waals surface area (Å²) in [6.45, 7) is 6.79. The number of benzene rings is 2. The maximum absolute atomic E-state index is 13.2. The summed E-state index contributed by atoms with van der Waals surface area (Å²) in [6, 6.07) is 18.8. The molecule has 1 aliphatic heterocycles. The molecule has 0 saturated carbocycles. The molecule has 0 N–H and O–H groups in total. The first-order valence-electron chi connectivity index (χ1n) is 8.27. The summed E-state index contributed by atoms with van der Waals surface area (Å²) in [4.78, 5) is 15.2. The van der Waals surface area contributed by atoms with Crippen molar-refractivity contribution in [2.75, 3.05) is 4.90 Å². The first-order valence-corrected chi connectivity index (χ1v) is 9.08. The van der Waals surface area contributed by atoms with Gasteiger partial charge >= 0.3 is 11.0 Å². The lowest BCUT2D eigenvalue weighted by atomic mass is 9.93. The second-order valence-corrected chi connectivity index (χ2v) is 8.32. The summed E-state index contributed by atoms with van der Waals surface area (Å²) in [6.07, 6.45) is 0. The number of aromatic nitrogens is 1. The quantitative estimate of drug-likeness (QED) is 0.607. The molecule has 4 rings (SSSR count). The van der Waals surface area contributed by atoms with Crippen molar-refractivity contribution in [2.24, 2.45) is 5.41 Å². The second-order valence-electron chi connectivity index (χ2n) is 7.31. The van der Waals surface area contributed by atoms with Crippen molar-refractivity contribution in [2.45, 2.75) is 33.4 Å². The van der Waals surface area contributed by atoms with Crippen LogP contribution in [0.25, 0.3) is 10.2 Å². The molecule has 1 aliphatic rings. The van der Waals surface area contributed by atoms with Crippen LogP contribution in [0.4, 0.5) is 5.13 Å². The Balaban J connectivity index is 1.89. The van der Waals surface area contributed by atoms with Crippen molar-refractivity contribution < 1.29 is 9.36 Å². The van der Waals surface area contributed by atoms with Crippen LogP contribution in [0.5, 0.6) is 0 Å². The minimum atomic E-state index is -0.411. The first kappa shape index (κ1) is 15.3. The average molecular weight is 337 g/mol. The molecule has 0 radical (unpaired) electrons. The van der Waals surface area contributed by atoms with Gasteiger partial charge in [-0.2, -0.15) is 4.90 Å². The van der Waals surface area contributed by atoms with E-state index >= 15 is 0 Å². The van der Waals surface area contributed by atoms with Crippen molar-refractivity contribution in [1.82, 2.24) is 0 Å². The summed E-state index contributed by atoms with van der Waals surface area (Å²) in [5.41, 5.74) is 1.99. The molecule has 0 aliphatic carbocycles. The van der Waals surface area contributed by atoms with Gasteiger partial charge in [0.05, 0.1) is 10.1 Å². The smallest absolute Gasteiger partial charge is 0.246 e. The maximum atomic E-state index is 13.2. The van der Waals surface area contributed by atoms with Gasteiger partial charge in [-0.1, -0.05) is 42.5 Å². The van der Waals surface area contributed by atoms with Gasteiger partial charge in [0.2, 0.25) is 0 Å².